The minimum atomic E-state index is 0.341. The van der Waals surface area contributed by atoms with E-state index in [-0.39, 0.29) is 0 Å². The minimum absolute atomic E-state index is 0.341. The summed E-state index contributed by atoms with van der Waals surface area (Å²) >= 11 is 0. The first-order valence-electron chi connectivity index (χ1n) is 23.8. The van der Waals surface area contributed by atoms with Crippen LogP contribution in [-0.2, 0) is 5.41 Å². The van der Waals surface area contributed by atoms with Crippen LogP contribution in [-0.4, -0.2) is 4.57 Å². The standard InChI is InChI=1S/C63H52N2/c1-42-37-48-38-49-40-63(39-42,41-59(48)49)50-29-35-53(36-30-50)64(52-33-27-46(28-34-52)55-17-10-12-45-11-2-3-13-54(45)55)51-31-25-44(26-32-51)43-21-23-47(24-22-43)56-14-4-7-18-60(56)65-61-19-8-5-15-57(61)58-16-6-9-20-62(58)65/h2-36,42,48-49,59H,37-41H2,1H3/t42-,48?,49-,59?,63?/m0/s1. The van der Waals surface area contributed by atoms with Crippen molar-refractivity contribution in [2.24, 2.45) is 23.7 Å². The molecule has 10 aromatic rings. The van der Waals surface area contributed by atoms with Gasteiger partial charge in [0.05, 0.1) is 16.7 Å². The molecular formula is C63H52N2. The molecule has 3 aliphatic rings. The number of benzene rings is 9. The molecular weight excluding hydrogens is 785 g/mol. The SMILES string of the molecule is C[C@H]1CC2C[C@H]3CC(c4ccc(N(c5ccc(-c6ccc(-c7ccccc7-n7c8ccccc8c8ccccc87)cc6)cc5)c5ccc(-c6cccc7ccccc67)cc5)cc4)(CC23)C1. The third kappa shape index (κ3) is 6.37. The van der Waals surface area contributed by atoms with Crippen LogP contribution in [0.4, 0.5) is 17.1 Å². The molecule has 65 heavy (non-hydrogen) atoms. The van der Waals surface area contributed by atoms with Crippen LogP contribution in [0.25, 0.3) is 71.6 Å². The summed E-state index contributed by atoms with van der Waals surface area (Å²) < 4.78 is 2.42. The molecule has 3 aliphatic carbocycles. The van der Waals surface area contributed by atoms with Crippen molar-refractivity contribution in [3.05, 3.63) is 218 Å². The molecule has 2 heteroatoms. The second kappa shape index (κ2) is 15.2. The van der Waals surface area contributed by atoms with Gasteiger partial charge in [0.1, 0.15) is 0 Å². The zero-order valence-corrected chi connectivity index (χ0v) is 36.9. The highest BCUT2D eigenvalue weighted by Crippen LogP contribution is 2.65. The Bertz CT molecular complexity index is 3310. The topological polar surface area (TPSA) is 8.17 Å². The number of nitrogens with zero attached hydrogens (tertiary/aromatic N) is 2. The molecule has 0 aliphatic heterocycles. The summed E-state index contributed by atoms with van der Waals surface area (Å²) in [4.78, 5) is 2.44. The molecule has 13 rings (SSSR count). The maximum absolute atomic E-state index is 2.51. The van der Waals surface area contributed by atoms with Crippen LogP contribution in [0.5, 0.6) is 0 Å². The summed E-state index contributed by atoms with van der Waals surface area (Å²) in [7, 11) is 0. The van der Waals surface area contributed by atoms with Gasteiger partial charge in [0.25, 0.3) is 0 Å². The van der Waals surface area contributed by atoms with Gasteiger partial charge in [-0.2, -0.15) is 0 Å². The number of aromatic nitrogens is 1. The van der Waals surface area contributed by atoms with Crippen molar-refractivity contribution in [1.82, 2.24) is 4.57 Å². The molecule has 0 N–H and O–H groups in total. The Balaban J connectivity index is 0.838. The number of hydrogen-bond donors (Lipinski definition) is 0. The van der Waals surface area contributed by atoms with E-state index in [4.69, 9.17) is 0 Å². The number of hydrogen-bond acceptors (Lipinski definition) is 1. The Morgan fingerprint density at radius 3 is 1.62 bits per heavy atom. The Labute approximate surface area is 382 Å². The van der Waals surface area contributed by atoms with E-state index in [1.807, 2.05) is 0 Å². The van der Waals surface area contributed by atoms with Gasteiger partial charge in [0, 0.05) is 33.4 Å². The van der Waals surface area contributed by atoms with Crippen molar-refractivity contribution in [3.63, 3.8) is 0 Å². The first-order chi connectivity index (χ1) is 32.1. The lowest BCUT2D eigenvalue weighted by atomic mass is 9.63. The molecule has 0 spiro atoms. The Morgan fingerprint density at radius 1 is 0.415 bits per heavy atom. The van der Waals surface area contributed by atoms with E-state index in [2.05, 4.69) is 229 Å². The van der Waals surface area contributed by atoms with Gasteiger partial charge >= 0.3 is 0 Å². The van der Waals surface area contributed by atoms with Gasteiger partial charge < -0.3 is 9.47 Å². The second-order valence-corrected chi connectivity index (χ2v) is 19.6. The summed E-state index contributed by atoms with van der Waals surface area (Å²) in [6.07, 6.45) is 7.01. The van der Waals surface area contributed by atoms with Gasteiger partial charge in [-0.15, -0.1) is 0 Å². The highest BCUT2D eigenvalue weighted by molar-refractivity contribution is 6.09. The van der Waals surface area contributed by atoms with Crippen molar-refractivity contribution < 1.29 is 0 Å². The first kappa shape index (κ1) is 38.3. The molecule has 314 valence electrons. The molecule has 9 aromatic carbocycles. The molecule has 5 atom stereocenters. The number of anilines is 3. The maximum Gasteiger partial charge on any atom is 0.0541 e. The molecule has 3 fully saturated rings. The van der Waals surface area contributed by atoms with E-state index in [0.717, 1.165) is 35.0 Å². The van der Waals surface area contributed by atoms with Crippen molar-refractivity contribution in [2.75, 3.05) is 4.90 Å². The lowest BCUT2D eigenvalue weighted by Crippen LogP contribution is -2.34. The molecule has 3 saturated carbocycles. The molecule has 0 saturated heterocycles. The number of fused-ring (bicyclic) bond motifs is 5. The van der Waals surface area contributed by atoms with E-state index in [1.54, 1.807) is 5.56 Å². The minimum Gasteiger partial charge on any atom is -0.311 e. The molecule has 1 heterocycles. The van der Waals surface area contributed by atoms with Crippen molar-refractivity contribution >= 4 is 49.6 Å². The average Bonchev–Trinajstić information content (AvgIpc) is 3.81. The Hall–Kier alpha value is -7.16. The Kier molecular flexibility index (Phi) is 8.98. The Morgan fingerprint density at radius 2 is 0.923 bits per heavy atom. The molecule has 2 nitrogen and oxygen atoms in total. The van der Waals surface area contributed by atoms with Crippen LogP contribution in [0.3, 0.4) is 0 Å². The van der Waals surface area contributed by atoms with Crippen LogP contribution in [0.2, 0.25) is 0 Å². The molecule has 0 amide bonds. The fourth-order valence-electron chi connectivity index (χ4n) is 13.0. The largest absolute Gasteiger partial charge is 0.311 e. The van der Waals surface area contributed by atoms with E-state index < -0.39 is 0 Å². The van der Waals surface area contributed by atoms with Gasteiger partial charge in [0.2, 0.25) is 0 Å². The van der Waals surface area contributed by atoms with Crippen molar-refractivity contribution in [1.29, 1.82) is 0 Å². The van der Waals surface area contributed by atoms with Gasteiger partial charge in [0.15, 0.2) is 0 Å². The van der Waals surface area contributed by atoms with Crippen LogP contribution in [0, 0.1) is 23.7 Å². The summed E-state index contributed by atoms with van der Waals surface area (Å²) in [5, 5.41) is 5.10. The highest BCUT2D eigenvalue weighted by Gasteiger charge is 2.57. The summed E-state index contributed by atoms with van der Waals surface area (Å²) in [6.45, 7) is 2.51. The van der Waals surface area contributed by atoms with Gasteiger partial charge in [-0.05, 0) is 160 Å². The maximum atomic E-state index is 2.51. The van der Waals surface area contributed by atoms with Crippen LogP contribution >= 0.6 is 0 Å². The fourth-order valence-corrected chi connectivity index (χ4v) is 13.0. The summed E-state index contributed by atoms with van der Waals surface area (Å²) in [6, 6.07) is 78.9. The van der Waals surface area contributed by atoms with Gasteiger partial charge in [-0.25, -0.2) is 0 Å². The zero-order valence-electron chi connectivity index (χ0n) is 36.9. The summed E-state index contributed by atoms with van der Waals surface area (Å²) in [5.41, 5.74) is 16.4. The molecule has 0 radical (unpaired) electrons. The predicted molar refractivity (Wildman–Crippen MR) is 274 cm³/mol. The molecule has 1 aromatic heterocycles. The van der Waals surface area contributed by atoms with E-state index in [0.29, 0.717) is 5.41 Å². The lowest BCUT2D eigenvalue weighted by molar-refractivity contribution is 0.0780. The van der Waals surface area contributed by atoms with E-state index >= 15 is 0 Å². The average molecular weight is 837 g/mol. The fraction of sp³-hybridized carbons (Fsp3) is 0.175. The smallest absolute Gasteiger partial charge is 0.0541 e. The van der Waals surface area contributed by atoms with Gasteiger partial charge in [-0.1, -0.05) is 165 Å². The number of rotatable bonds is 8. The van der Waals surface area contributed by atoms with Crippen LogP contribution in [0.1, 0.15) is 44.6 Å². The lowest BCUT2D eigenvalue weighted by Gasteiger charge is -2.42. The van der Waals surface area contributed by atoms with Crippen molar-refractivity contribution in [2.45, 2.75) is 44.4 Å². The van der Waals surface area contributed by atoms with Crippen LogP contribution < -0.4 is 4.90 Å². The molecule has 2 bridgehead atoms. The zero-order chi connectivity index (χ0) is 43.1. The normalized spacial score (nSPS) is 21.1. The van der Waals surface area contributed by atoms with E-state index in [1.165, 1.54) is 109 Å². The van der Waals surface area contributed by atoms with Crippen LogP contribution in [0.15, 0.2) is 212 Å². The first-order valence-corrected chi connectivity index (χ1v) is 23.8. The van der Waals surface area contributed by atoms with Crippen molar-refractivity contribution in [3.8, 4) is 39.1 Å². The summed E-state index contributed by atoms with van der Waals surface area (Å²) in [5.74, 6) is 3.68. The van der Waals surface area contributed by atoms with Gasteiger partial charge in [-0.3, -0.25) is 0 Å². The quantitative estimate of drug-likeness (QED) is 0.148. The highest BCUT2D eigenvalue weighted by atomic mass is 15.1. The second-order valence-electron chi connectivity index (χ2n) is 19.6. The monoisotopic (exact) mass is 836 g/mol. The molecule has 3 unspecified atom stereocenters. The number of para-hydroxylation sites is 3. The van der Waals surface area contributed by atoms with E-state index in [9.17, 15) is 0 Å². The third-order valence-corrected chi connectivity index (χ3v) is 15.9. The predicted octanol–water partition coefficient (Wildman–Crippen LogP) is 17.1. The third-order valence-electron chi connectivity index (χ3n) is 15.9.